The summed E-state index contributed by atoms with van der Waals surface area (Å²) in [5.74, 6) is 0.0798. The second kappa shape index (κ2) is 11.1. The number of carbonyl (C=O) groups is 2. The lowest BCUT2D eigenvalue weighted by Crippen LogP contribution is -2.48. The lowest BCUT2D eigenvalue weighted by atomic mass is 10.2. The molecule has 0 N–H and O–H groups in total. The molecule has 2 unspecified atom stereocenters. The Bertz CT molecular complexity index is 1570. The number of hydrogen-bond acceptors (Lipinski definition) is 9. The first-order chi connectivity index (χ1) is 18.7. The van der Waals surface area contributed by atoms with Crippen molar-refractivity contribution < 1.29 is 37.0 Å². The highest BCUT2D eigenvalue weighted by Crippen LogP contribution is 2.35. The first-order valence-corrected chi connectivity index (χ1v) is 14.8. The number of morpholine rings is 1. The molecule has 2 aliphatic heterocycles. The van der Waals surface area contributed by atoms with E-state index in [9.17, 15) is 18.0 Å². The molecule has 13 heteroatoms. The van der Waals surface area contributed by atoms with Crippen molar-refractivity contribution in [3.05, 3.63) is 46.8 Å². The Kier molecular flexibility index (Phi) is 7.76. The number of benzene rings is 2. The standard InChI is InChI=1S/C26H29N3O8S2/c1-4-34-24(30)15-29-20-11-21-22(36-10-9-35-21)12-23(20)38-26(29)27-25(31)18-5-7-19(8-6-18)39(32,33)28-13-16(2)37-17(3)14-28/h5-8,11-12,16-17H,4,9-10,13-15H2,1-3H3. The van der Waals surface area contributed by atoms with Crippen LogP contribution in [0.4, 0.5) is 0 Å². The van der Waals surface area contributed by atoms with Crippen LogP contribution in [0.3, 0.4) is 0 Å². The zero-order chi connectivity index (χ0) is 27.7. The van der Waals surface area contributed by atoms with Crippen molar-refractivity contribution in [1.29, 1.82) is 0 Å². The number of sulfonamides is 1. The maximum atomic E-state index is 13.2. The molecule has 2 atom stereocenters. The topological polar surface area (TPSA) is 126 Å². The summed E-state index contributed by atoms with van der Waals surface area (Å²) >= 11 is 1.22. The predicted molar refractivity (Wildman–Crippen MR) is 143 cm³/mol. The highest BCUT2D eigenvalue weighted by molar-refractivity contribution is 7.89. The van der Waals surface area contributed by atoms with Gasteiger partial charge in [0, 0.05) is 30.8 Å². The number of ether oxygens (including phenoxy) is 4. The van der Waals surface area contributed by atoms with Gasteiger partial charge in [-0.2, -0.15) is 9.30 Å². The van der Waals surface area contributed by atoms with Crippen molar-refractivity contribution in [3.8, 4) is 11.5 Å². The average Bonchev–Trinajstić information content (AvgIpc) is 3.22. The minimum absolute atomic E-state index is 0.0881. The van der Waals surface area contributed by atoms with Crippen molar-refractivity contribution in [2.24, 2.45) is 4.99 Å². The molecule has 0 radical (unpaired) electrons. The first kappa shape index (κ1) is 27.3. The van der Waals surface area contributed by atoms with Gasteiger partial charge in [-0.15, -0.1) is 0 Å². The highest BCUT2D eigenvalue weighted by Gasteiger charge is 2.32. The summed E-state index contributed by atoms with van der Waals surface area (Å²) < 4.78 is 52.2. The van der Waals surface area contributed by atoms with Gasteiger partial charge >= 0.3 is 5.97 Å². The predicted octanol–water partition coefficient (Wildman–Crippen LogP) is 2.58. The van der Waals surface area contributed by atoms with Gasteiger partial charge in [0.15, 0.2) is 16.3 Å². The Hall–Kier alpha value is -3.26. The number of aromatic nitrogens is 1. The summed E-state index contributed by atoms with van der Waals surface area (Å²) in [6.45, 7) is 6.81. The van der Waals surface area contributed by atoms with Crippen molar-refractivity contribution in [1.82, 2.24) is 8.87 Å². The minimum atomic E-state index is -3.75. The summed E-state index contributed by atoms with van der Waals surface area (Å²) in [5, 5.41) is 0. The molecule has 39 heavy (non-hydrogen) atoms. The molecule has 3 aromatic rings. The summed E-state index contributed by atoms with van der Waals surface area (Å²) in [6, 6.07) is 9.25. The summed E-state index contributed by atoms with van der Waals surface area (Å²) in [4.78, 5) is 30.2. The average molecular weight is 576 g/mol. The molecule has 3 heterocycles. The lowest BCUT2D eigenvalue weighted by Gasteiger charge is -2.34. The third-order valence-corrected chi connectivity index (χ3v) is 9.15. The number of amides is 1. The van der Waals surface area contributed by atoms with Gasteiger partial charge in [-0.25, -0.2) is 8.42 Å². The van der Waals surface area contributed by atoms with E-state index in [1.165, 1.54) is 39.9 Å². The van der Waals surface area contributed by atoms with E-state index in [2.05, 4.69) is 4.99 Å². The number of fused-ring (bicyclic) bond motifs is 2. The van der Waals surface area contributed by atoms with E-state index in [0.29, 0.717) is 35.0 Å². The summed E-state index contributed by atoms with van der Waals surface area (Å²) in [6.07, 6.45) is -0.427. The lowest BCUT2D eigenvalue weighted by molar-refractivity contribution is -0.143. The van der Waals surface area contributed by atoms with Crippen LogP contribution in [0.25, 0.3) is 10.2 Å². The second-order valence-corrected chi connectivity index (χ2v) is 12.2. The number of rotatable bonds is 6. The molecule has 1 amide bonds. The fourth-order valence-electron chi connectivity index (χ4n) is 4.58. The highest BCUT2D eigenvalue weighted by atomic mass is 32.2. The molecule has 1 aromatic heterocycles. The molecule has 0 saturated carbocycles. The number of carbonyl (C=O) groups excluding carboxylic acids is 2. The van der Waals surface area contributed by atoms with Gasteiger partial charge in [0.1, 0.15) is 19.8 Å². The molecule has 0 bridgehead atoms. The maximum Gasteiger partial charge on any atom is 0.326 e. The van der Waals surface area contributed by atoms with Crippen LogP contribution >= 0.6 is 11.3 Å². The molecule has 2 aliphatic rings. The number of esters is 1. The Morgan fingerprint density at radius 2 is 1.69 bits per heavy atom. The van der Waals surface area contributed by atoms with Gasteiger partial charge in [0.05, 0.1) is 33.9 Å². The molecule has 0 spiro atoms. The van der Waals surface area contributed by atoms with Crippen LogP contribution in [0.2, 0.25) is 0 Å². The van der Waals surface area contributed by atoms with E-state index in [0.717, 1.165) is 4.70 Å². The number of nitrogens with zero attached hydrogens (tertiary/aromatic N) is 3. The fraction of sp³-hybridized carbons (Fsp3) is 0.423. The van der Waals surface area contributed by atoms with Crippen LogP contribution in [-0.2, 0) is 30.8 Å². The molecule has 0 aliphatic carbocycles. The molecular weight excluding hydrogens is 546 g/mol. The zero-order valence-electron chi connectivity index (χ0n) is 21.8. The van der Waals surface area contributed by atoms with Crippen LogP contribution in [0.15, 0.2) is 46.3 Å². The summed E-state index contributed by atoms with van der Waals surface area (Å²) in [7, 11) is -3.75. The number of hydrogen-bond donors (Lipinski definition) is 0. The van der Waals surface area contributed by atoms with Crippen LogP contribution in [-0.4, -0.2) is 74.3 Å². The van der Waals surface area contributed by atoms with Crippen molar-refractivity contribution >= 4 is 43.5 Å². The van der Waals surface area contributed by atoms with E-state index in [4.69, 9.17) is 18.9 Å². The Balaban J connectivity index is 1.47. The third-order valence-electron chi connectivity index (χ3n) is 6.26. The second-order valence-electron chi connectivity index (χ2n) is 9.26. The smallest absolute Gasteiger partial charge is 0.326 e. The molecule has 2 aromatic carbocycles. The van der Waals surface area contributed by atoms with E-state index >= 15 is 0 Å². The van der Waals surface area contributed by atoms with Crippen LogP contribution < -0.4 is 14.3 Å². The Labute approximate surface area is 229 Å². The van der Waals surface area contributed by atoms with E-state index in [1.54, 1.807) is 23.6 Å². The molecule has 5 rings (SSSR count). The largest absolute Gasteiger partial charge is 0.486 e. The maximum absolute atomic E-state index is 13.2. The van der Waals surface area contributed by atoms with Crippen molar-refractivity contribution in [2.75, 3.05) is 32.9 Å². The normalized spacial score (nSPS) is 20.2. The monoisotopic (exact) mass is 575 g/mol. The molecule has 1 fully saturated rings. The SMILES string of the molecule is CCOC(=O)Cn1c(=NC(=O)c2ccc(S(=O)(=O)N3CC(C)OC(C)C3)cc2)sc2cc3c(cc21)OCCO3. The van der Waals surface area contributed by atoms with Gasteiger partial charge < -0.3 is 23.5 Å². The van der Waals surface area contributed by atoms with Gasteiger partial charge in [0.2, 0.25) is 10.0 Å². The van der Waals surface area contributed by atoms with Gasteiger partial charge in [-0.1, -0.05) is 11.3 Å². The molecule has 11 nitrogen and oxygen atoms in total. The fourth-order valence-corrected chi connectivity index (χ4v) is 7.21. The van der Waals surface area contributed by atoms with Gasteiger partial charge in [0.25, 0.3) is 5.91 Å². The molecule has 208 valence electrons. The van der Waals surface area contributed by atoms with Crippen LogP contribution in [0.5, 0.6) is 11.5 Å². The molecular formula is C26H29N3O8S2. The van der Waals surface area contributed by atoms with Crippen LogP contribution in [0, 0.1) is 0 Å². The van der Waals surface area contributed by atoms with E-state index < -0.39 is 21.9 Å². The Morgan fingerprint density at radius 3 is 2.33 bits per heavy atom. The van der Waals surface area contributed by atoms with E-state index in [-0.39, 0.29) is 48.9 Å². The minimum Gasteiger partial charge on any atom is -0.486 e. The quantitative estimate of drug-likeness (QED) is 0.411. The number of thiazole rings is 1. The molecule has 1 saturated heterocycles. The Morgan fingerprint density at radius 1 is 1.05 bits per heavy atom. The van der Waals surface area contributed by atoms with Crippen LogP contribution in [0.1, 0.15) is 31.1 Å². The van der Waals surface area contributed by atoms with Crippen molar-refractivity contribution in [2.45, 2.75) is 44.4 Å². The van der Waals surface area contributed by atoms with Gasteiger partial charge in [-0.05, 0) is 45.0 Å². The van der Waals surface area contributed by atoms with E-state index in [1.807, 2.05) is 13.8 Å². The van der Waals surface area contributed by atoms with Crippen molar-refractivity contribution in [3.63, 3.8) is 0 Å². The summed E-state index contributed by atoms with van der Waals surface area (Å²) in [5.41, 5.74) is 0.864. The third kappa shape index (κ3) is 5.71. The first-order valence-electron chi connectivity index (χ1n) is 12.6. The zero-order valence-corrected chi connectivity index (χ0v) is 23.4. The van der Waals surface area contributed by atoms with Gasteiger partial charge in [-0.3, -0.25) is 9.59 Å².